The maximum absolute atomic E-state index is 11.4. The molecule has 0 atom stereocenters. The van der Waals surface area contributed by atoms with Gasteiger partial charge in [-0.2, -0.15) is 0 Å². The number of rotatable bonds is 3. The molecule has 23 heavy (non-hydrogen) atoms. The highest BCUT2D eigenvalue weighted by molar-refractivity contribution is 5.99. The van der Waals surface area contributed by atoms with Gasteiger partial charge in [0.2, 0.25) is 0 Å². The van der Waals surface area contributed by atoms with Crippen LogP contribution in [0.25, 0.3) is 22.2 Å². The number of hydrogen-bond acceptors (Lipinski definition) is 6. The van der Waals surface area contributed by atoms with Crippen molar-refractivity contribution in [2.75, 3.05) is 5.73 Å². The van der Waals surface area contributed by atoms with Crippen molar-refractivity contribution in [2.24, 2.45) is 0 Å². The van der Waals surface area contributed by atoms with Gasteiger partial charge in [-0.05, 0) is 6.07 Å². The molecule has 3 aromatic rings. The Balaban J connectivity index is 2.36. The lowest BCUT2D eigenvalue weighted by Gasteiger charge is -2.08. The molecule has 0 fully saturated rings. The molecular formula is C15H10N4O4. The summed E-state index contributed by atoms with van der Waals surface area (Å²) in [4.78, 5) is 25.4. The molecular weight excluding hydrogens is 300 g/mol. The first-order chi connectivity index (χ1) is 11.0. The van der Waals surface area contributed by atoms with Crippen molar-refractivity contribution in [3.05, 3.63) is 68.8 Å². The number of nitrogen functional groups attached to an aromatic ring is 1. The molecule has 1 heterocycles. The first-order valence-electron chi connectivity index (χ1n) is 6.56. The lowest BCUT2D eigenvalue weighted by atomic mass is 10.0. The highest BCUT2D eigenvalue weighted by atomic mass is 16.6. The molecule has 8 heteroatoms. The molecule has 0 aliphatic carbocycles. The molecule has 1 aromatic heterocycles. The molecule has 0 bridgehead atoms. The topological polar surface area (TPSA) is 125 Å². The SMILES string of the molecule is Nc1c([N+](=O)[O-])c(-c2cccc([N+](=O)[O-])c2)nc2ccccc12. The van der Waals surface area contributed by atoms with E-state index in [4.69, 9.17) is 5.73 Å². The number of pyridine rings is 1. The normalized spacial score (nSPS) is 10.6. The monoisotopic (exact) mass is 310 g/mol. The van der Waals surface area contributed by atoms with Crippen LogP contribution in [0.15, 0.2) is 48.5 Å². The smallest absolute Gasteiger partial charge is 0.318 e. The number of fused-ring (bicyclic) bond motifs is 1. The molecule has 0 aliphatic rings. The maximum atomic E-state index is 11.4. The van der Waals surface area contributed by atoms with Gasteiger partial charge in [0.1, 0.15) is 5.69 Å². The van der Waals surface area contributed by atoms with E-state index in [0.717, 1.165) is 0 Å². The molecule has 2 N–H and O–H groups in total. The second-order valence-corrected chi connectivity index (χ2v) is 4.80. The Morgan fingerprint density at radius 1 is 0.957 bits per heavy atom. The van der Waals surface area contributed by atoms with Gasteiger partial charge in [-0.1, -0.05) is 30.3 Å². The average molecular weight is 310 g/mol. The Morgan fingerprint density at radius 3 is 2.39 bits per heavy atom. The molecule has 0 saturated carbocycles. The van der Waals surface area contributed by atoms with Crippen LogP contribution in [0.2, 0.25) is 0 Å². The number of hydrogen-bond donors (Lipinski definition) is 1. The predicted molar refractivity (Wildman–Crippen MR) is 84.9 cm³/mol. The molecule has 0 amide bonds. The van der Waals surface area contributed by atoms with Gasteiger partial charge in [0.15, 0.2) is 5.69 Å². The van der Waals surface area contributed by atoms with Gasteiger partial charge in [0.25, 0.3) is 5.69 Å². The zero-order valence-corrected chi connectivity index (χ0v) is 11.7. The fourth-order valence-corrected chi connectivity index (χ4v) is 2.38. The molecule has 8 nitrogen and oxygen atoms in total. The van der Waals surface area contributed by atoms with Crippen LogP contribution in [0.1, 0.15) is 0 Å². The Bertz CT molecular complexity index is 955. The van der Waals surface area contributed by atoms with Gasteiger partial charge in [-0.15, -0.1) is 0 Å². The molecule has 2 aromatic carbocycles. The van der Waals surface area contributed by atoms with E-state index in [2.05, 4.69) is 4.98 Å². The van der Waals surface area contributed by atoms with E-state index in [1.807, 2.05) is 0 Å². The highest BCUT2D eigenvalue weighted by Gasteiger charge is 2.24. The molecule has 0 saturated heterocycles. The van der Waals surface area contributed by atoms with E-state index in [-0.39, 0.29) is 28.3 Å². The zero-order valence-electron chi connectivity index (χ0n) is 11.7. The van der Waals surface area contributed by atoms with Crippen LogP contribution in [0.3, 0.4) is 0 Å². The summed E-state index contributed by atoms with van der Waals surface area (Å²) in [6.45, 7) is 0. The van der Waals surface area contributed by atoms with Gasteiger partial charge >= 0.3 is 5.69 Å². The number of nitrogens with zero attached hydrogens (tertiary/aromatic N) is 3. The van der Waals surface area contributed by atoms with Crippen LogP contribution in [-0.4, -0.2) is 14.8 Å². The molecule has 0 spiro atoms. The number of benzene rings is 2. The standard InChI is InChI=1S/C15H10N4O4/c16-13-11-6-1-2-7-12(11)17-14(15(13)19(22)23)9-4-3-5-10(8-9)18(20)21/h1-8H,(H2,16,17). The summed E-state index contributed by atoms with van der Waals surface area (Å²) in [5, 5.41) is 22.8. The maximum Gasteiger partial charge on any atom is 0.318 e. The van der Waals surface area contributed by atoms with Crippen molar-refractivity contribution >= 4 is 28.0 Å². The van der Waals surface area contributed by atoms with E-state index in [1.54, 1.807) is 24.3 Å². The van der Waals surface area contributed by atoms with E-state index in [9.17, 15) is 20.2 Å². The minimum Gasteiger partial charge on any atom is -0.393 e. The molecule has 114 valence electrons. The molecule has 0 unspecified atom stereocenters. The minimum absolute atomic E-state index is 0.00917. The third-order valence-electron chi connectivity index (χ3n) is 3.42. The summed E-state index contributed by atoms with van der Waals surface area (Å²) in [5.41, 5.74) is 6.16. The van der Waals surface area contributed by atoms with Gasteiger partial charge in [0, 0.05) is 23.1 Å². The second-order valence-electron chi connectivity index (χ2n) is 4.80. The Labute approximate surface area is 129 Å². The van der Waals surface area contributed by atoms with Crippen molar-refractivity contribution in [3.63, 3.8) is 0 Å². The van der Waals surface area contributed by atoms with Gasteiger partial charge in [-0.3, -0.25) is 20.2 Å². The number of nitro groups is 2. The van der Waals surface area contributed by atoms with Crippen molar-refractivity contribution in [1.29, 1.82) is 0 Å². The van der Waals surface area contributed by atoms with E-state index < -0.39 is 9.85 Å². The summed E-state index contributed by atoms with van der Waals surface area (Å²) in [6, 6.07) is 12.3. The average Bonchev–Trinajstić information content (AvgIpc) is 2.54. The summed E-state index contributed by atoms with van der Waals surface area (Å²) in [6.07, 6.45) is 0. The quantitative estimate of drug-likeness (QED) is 0.584. The summed E-state index contributed by atoms with van der Waals surface area (Å²) in [5.74, 6) is 0. The summed E-state index contributed by atoms with van der Waals surface area (Å²) >= 11 is 0. The van der Waals surface area contributed by atoms with Crippen LogP contribution < -0.4 is 5.73 Å². The zero-order chi connectivity index (χ0) is 16.6. The van der Waals surface area contributed by atoms with Crippen LogP contribution in [0.5, 0.6) is 0 Å². The number of nitrogens with two attached hydrogens (primary N) is 1. The number of nitro benzene ring substituents is 1. The first-order valence-corrected chi connectivity index (χ1v) is 6.56. The summed E-state index contributed by atoms with van der Waals surface area (Å²) in [7, 11) is 0. The van der Waals surface area contributed by atoms with E-state index in [0.29, 0.717) is 10.9 Å². The predicted octanol–water partition coefficient (Wildman–Crippen LogP) is 3.30. The Morgan fingerprint density at radius 2 is 1.70 bits per heavy atom. The minimum atomic E-state index is -0.622. The second kappa shape index (κ2) is 5.34. The van der Waals surface area contributed by atoms with E-state index in [1.165, 1.54) is 24.3 Å². The van der Waals surface area contributed by atoms with Crippen LogP contribution in [0, 0.1) is 20.2 Å². The van der Waals surface area contributed by atoms with Crippen LogP contribution in [-0.2, 0) is 0 Å². The van der Waals surface area contributed by atoms with E-state index >= 15 is 0 Å². The van der Waals surface area contributed by atoms with Crippen molar-refractivity contribution < 1.29 is 9.85 Å². The van der Waals surface area contributed by atoms with Crippen molar-refractivity contribution in [3.8, 4) is 11.3 Å². The van der Waals surface area contributed by atoms with Gasteiger partial charge in [-0.25, -0.2) is 4.98 Å². The lowest BCUT2D eigenvalue weighted by Crippen LogP contribution is -2.02. The Kier molecular flexibility index (Phi) is 3.34. The van der Waals surface area contributed by atoms with Gasteiger partial charge in [0.05, 0.1) is 15.4 Å². The van der Waals surface area contributed by atoms with Crippen LogP contribution >= 0.6 is 0 Å². The molecule has 0 radical (unpaired) electrons. The fraction of sp³-hybridized carbons (Fsp3) is 0. The first kappa shape index (κ1) is 14.4. The van der Waals surface area contributed by atoms with Crippen molar-refractivity contribution in [2.45, 2.75) is 0 Å². The number of anilines is 1. The summed E-state index contributed by atoms with van der Waals surface area (Å²) < 4.78 is 0. The number of non-ortho nitro benzene ring substituents is 1. The third kappa shape index (κ3) is 2.42. The number of aromatic nitrogens is 1. The fourth-order valence-electron chi connectivity index (χ4n) is 2.38. The number of para-hydroxylation sites is 1. The molecule has 3 rings (SSSR count). The highest BCUT2D eigenvalue weighted by Crippen LogP contribution is 2.38. The van der Waals surface area contributed by atoms with Crippen LogP contribution in [0.4, 0.5) is 17.1 Å². The molecule has 0 aliphatic heterocycles. The largest absolute Gasteiger partial charge is 0.393 e. The third-order valence-corrected chi connectivity index (χ3v) is 3.42. The Hall–Kier alpha value is -3.55. The van der Waals surface area contributed by atoms with Crippen molar-refractivity contribution in [1.82, 2.24) is 4.98 Å². The lowest BCUT2D eigenvalue weighted by molar-refractivity contribution is -0.384. The van der Waals surface area contributed by atoms with Gasteiger partial charge < -0.3 is 5.73 Å².